The first-order valence-corrected chi connectivity index (χ1v) is 10.4. The summed E-state index contributed by atoms with van der Waals surface area (Å²) in [5.41, 5.74) is 2.47. The maximum Gasteiger partial charge on any atom is 0.322 e. The van der Waals surface area contributed by atoms with Crippen molar-refractivity contribution in [2.75, 3.05) is 29.9 Å². The molecule has 0 saturated carbocycles. The van der Waals surface area contributed by atoms with Crippen molar-refractivity contribution >= 4 is 22.9 Å². The van der Waals surface area contributed by atoms with Gasteiger partial charge in [-0.15, -0.1) is 0 Å². The van der Waals surface area contributed by atoms with Gasteiger partial charge in [0.25, 0.3) is 0 Å². The highest BCUT2D eigenvalue weighted by molar-refractivity contribution is 5.94. The summed E-state index contributed by atoms with van der Waals surface area (Å²) in [6.07, 6.45) is 5.04. The number of rotatable bonds is 3. The Balaban J connectivity index is 1.43. The molecular weight excluding hydrogens is 404 g/mol. The Morgan fingerprint density at radius 3 is 2.84 bits per heavy atom. The predicted octanol–water partition coefficient (Wildman–Crippen LogP) is 3.55. The first-order valence-electron chi connectivity index (χ1n) is 10.4. The van der Waals surface area contributed by atoms with E-state index in [1.54, 1.807) is 21.8 Å². The van der Waals surface area contributed by atoms with Crippen LogP contribution in [0.15, 0.2) is 42.7 Å². The van der Waals surface area contributed by atoms with Gasteiger partial charge in [0.15, 0.2) is 0 Å². The lowest BCUT2D eigenvalue weighted by Gasteiger charge is -2.27. The Morgan fingerprint density at radius 1 is 1.16 bits per heavy atom. The van der Waals surface area contributed by atoms with Crippen molar-refractivity contribution in [3.8, 4) is 0 Å². The van der Waals surface area contributed by atoms with Crippen molar-refractivity contribution in [2.45, 2.75) is 31.4 Å². The van der Waals surface area contributed by atoms with Crippen LogP contribution in [0.2, 0.25) is 0 Å². The quantitative estimate of drug-likeness (QED) is 0.671. The topological polar surface area (TPSA) is 73.1 Å². The van der Waals surface area contributed by atoms with Crippen molar-refractivity contribution < 1.29 is 18.7 Å². The van der Waals surface area contributed by atoms with E-state index < -0.39 is 17.7 Å². The highest BCUT2D eigenvalue weighted by atomic mass is 19.1. The second-order valence-electron chi connectivity index (χ2n) is 8.11. The third-order valence-electron chi connectivity index (χ3n) is 6.10. The fourth-order valence-electron chi connectivity index (χ4n) is 4.53. The van der Waals surface area contributed by atoms with E-state index in [1.807, 2.05) is 12.1 Å². The summed E-state index contributed by atoms with van der Waals surface area (Å²) in [5, 5.41) is 16.8. The zero-order chi connectivity index (χ0) is 21.5. The third-order valence-corrected chi connectivity index (χ3v) is 6.10. The molecule has 162 valence electrons. The van der Waals surface area contributed by atoms with Crippen LogP contribution < -0.4 is 10.2 Å². The van der Waals surface area contributed by atoms with Crippen molar-refractivity contribution in [3.63, 3.8) is 0 Å². The van der Waals surface area contributed by atoms with Gasteiger partial charge in [0.2, 0.25) is 0 Å². The zero-order valence-electron chi connectivity index (χ0n) is 16.8. The smallest absolute Gasteiger partial charge is 0.322 e. The van der Waals surface area contributed by atoms with Crippen LogP contribution in [0.5, 0.6) is 0 Å². The summed E-state index contributed by atoms with van der Waals surface area (Å²) in [5.74, 6) is -0.865. The number of halogens is 2. The molecule has 2 atom stereocenters. The average Bonchev–Trinajstić information content (AvgIpc) is 3.49. The monoisotopic (exact) mass is 427 g/mol. The number of nitrogens with zero attached hydrogens (tertiary/aromatic N) is 4. The molecule has 7 nitrogen and oxygen atoms in total. The number of β-amino-alcohol motifs (C(OH)–C–C–N with tert-alkyl or cyclic N) is 1. The van der Waals surface area contributed by atoms with Crippen molar-refractivity contribution in [1.82, 2.24) is 14.5 Å². The Hall–Kier alpha value is -3.20. The molecule has 0 radical (unpaired) electrons. The molecule has 1 aromatic carbocycles. The number of anilines is 2. The van der Waals surface area contributed by atoms with Crippen molar-refractivity contribution in [1.29, 1.82) is 0 Å². The van der Waals surface area contributed by atoms with Crippen LogP contribution in [0.1, 0.15) is 30.9 Å². The summed E-state index contributed by atoms with van der Waals surface area (Å²) in [6, 6.07) is 6.82. The number of aromatic nitrogens is 2. The number of benzene rings is 1. The van der Waals surface area contributed by atoms with E-state index in [1.165, 1.54) is 12.1 Å². The van der Waals surface area contributed by atoms with E-state index in [4.69, 9.17) is 0 Å². The zero-order valence-corrected chi connectivity index (χ0v) is 16.8. The number of amides is 2. The highest BCUT2D eigenvalue weighted by Crippen LogP contribution is 2.38. The van der Waals surface area contributed by atoms with Crippen LogP contribution in [0.4, 0.5) is 25.0 Å². The Kier molecular flexibility index (Phi) is 4.97. The molecule has 4 heterocycles. The Labute approximate surface area is 177 Å². The van der Waals surface area contributed by atoms with Gasteiger partial charge in [0, 0.05) is 37.1 Å². The minimum atomic E-state index is -0.489. The van der Waals surface area contributed by atoms with E-state index in [2.05, 4.69) is 15.3 Å². The van der Waals surface area contributed by atoms with Gasteiger partial charge in [-0.3, -0.25) is 0 Å². The molecule has 31 heavy (non-hydrogen) atoms. The molecule has 0 unspecified atom stereocenters. The molecular formula is C22H23F2N5O2. The number of nitrogens with one attached hydrogen (secondary N) is 1. The number of pyridine rings is 1. The molecule has 2 amide bonds. The summed E-state index contributed by atoms with van der Waals surface area (Å²) < 4.78 is 29.8. The number of aliphatic hydroxyl groups is 1. The molecule has 2 saturated heterocycles. The molecule has 2 N–H and O–H groups in total. The normalized spacial score (nSPS) is 21.3. The number of likely N-dealkylation sites (tertiary alicyclic amines) is 1. The SMILES string of the molecule is O=C(Nc1cnn2ccc(N3CCC[C@@H]3c3cc(F)ccc3F)cc12)N1CC[C@H](O)C1. The molecule has 9 heteroatoms. The van der Waals surface area contributed by atoms with Crippen LogP contribution in [0, 0.1) is 11.6 Å². The highest BCUT2D eigenvalue weighted by Gasteiger charge is 2.29. The summed E-state index contributed by atoms with van der Waals surface area (Å²) in [4.78, 5) is 16.2. The molecule has 2 aliphatic heterocycles. The molecule has 2 aliphatic rings. The van der Waals surface area contributed by atoms with Crippen LogP contribution in [0.25, 0.3) is 5.52 Å². The predicted molar refractivity (Wildman–Crippen MR) is 112 cm³/mol. The van der Waals surface area contributed by atoms with Crippen LogP contribution in [-0.2, 0) is 0 Å². The van der Waals surface area contributed by atoms with Crippen molar-refractivity contribution in [2.24, 2.45) is 0 Å². The molecule has 0 bridgehead atoms. The number of hydrogen-bond acceptors (Lipinski definition) is 4. The summed E-state index contributed by atoms with van der Waals surface area (Å²) >= 11 is 0. The maximum absolute atomic E-state index is 14.4. The number of hydrogen-bond donors (Lipinski definition) is 2. The van der Waals surface area contributed by atoms with Gasteiger partial charge in [-0.25, -0.2) is 18.1 Å². The Bertz CT molecular complexity index is 1130. The van der Waals surface area contributed by atoms with Gasteiger partial charge >= 0.3 is 6.03 Å². The molecule has 0 spiro atoms. The lowest BCUT2D eigenvalue weighted by Crippen LogP contribution is -2.33. The number of carbonyl (C=O) groups excluding carboxylic acids is 1. The minimum Gasteiger partial charge on any atom is -0.391 e. The molecule has 5 rings (SSSR count). The summed E-state index contributed by atoms with van der Waals surface area (Å²) in [6.45, 7) is 1.54. The maximum atomic E-state index is 14.4. The number of aliphatic hydroxyl groups excluding tert-OH is 1. The summed E-state index contributed by atoms with van der Waals surface area (Å²) in [7, 11) is 0. The lowest BCUT2D eigenvalue weighted by atomic mass is 10.0. The first kappa shape index (κ1) is 19.7. The second-order valence-corrected chi connectivity index (χ2v) is 8.11. The molecule has 0 aliphatic carbocycles. The number of carbonyl (C=O) groups is 1. The van der Waals surface area contributed by atoms with E-state index in [0.29, 0.717) is 36.3 Å². The lowest BCUT2D eigenvalue weighted by molar-refractivity contribution is 0.176. The molecule has 2 fully saturated rings. The number of fused-ring (bicyclic) bond motifs is 1. The standard InChI is InChI=1S/C22H23F2N5O2/c23-14-3-4-18(24)17(10-14)20-2-1-7-28(20)15-5-9-29-21(11-15)19(12-25-29)26-22(31)27-8-6-16(30)13-27/h3-5,9-12,16,20,30H,1-2,6-8,13H2,(H,26,31)/t16-,20+/m0/s1. The average molecular weight is 427 g/mol. The van der Waals surface area contributed by atoms with E-state index in [-0.39, 0.29) is 12.1 Å². The van der Waals surface area contributed by atoms with Crippen LogP contribution in [-0.4, -0.2) is 51.4 Å². The van der Waals surface area contributed by atoms with Gasteiger partial charge in [0.05, 0.1) is 29.5 Å². The van der Waals surface area contributed by atoms with E-state index in [9.17, 15) is 18.7 Å². The van der Waals surface area contributed by atoms with Gasteiger partial charge in [0.1, 0.15) is 11.6 Å². The number of urea groups is 1. The van der Waals surface area contributed by atoms with Crippen molar-refractivity contribution in [3.05, 3.63) is 59.9 Å². The first-order chi connectivity index (χ1) is 15.0. The molecule has 2 aromatic heterocycles. The van der Waals surface area contributed by atoms with E-state index in [0.717, 1.165) is 31.1 Å². The second kappa shape index (κ2) is 7.81. The third kappa shape index (κ3) is 3.69. The Morgan fingerprint density at radius 2 is 2.03 bits per heavy atom. The van der Waals surface area contributed by atoms with Crippen LogP contribution in [0.3, 0.4) is 0 Å². The van der Waals surface area contributed by atoms with Crippen LogP contribution >= 0.6 is 0 Å². The van der Waals surface area contributed by atoms with E-state index >= 15 is 0 Å². The fourth-order valence-corrected chi connectivity index (χ4v) is 4.53. The van der Waals surface area contributed by atoms with Gasteiger partial charge < -0.3 is 20.2 Å². The van der Waals surface area contributed by atoms with Gasteiger partial charge in [-0.2, -0.15) is 5.10 Å². The minimum absolute atomic E-state index is 0.259. The largest absolute Gasteiger partial charge is 0.391 e. The molecule has 3 aromatic rings. The van der Waals surface area contributed by atoms with Gasteiger partial charge in [-0.1, -0.05) is 0 Å². The fraction of sp³-hybridized carbons (Fsp3) is 0.364. The van der Waals surface area contributed by atoms with Gasteiger partial charge in [-0.05, 0) is 49.6 Å².